The molecule has 2 aromatic carbocycles. The summed E-state index contributed by atoms with van der Waals surface area (Å²) >= 11 is 0. The molecule has 6 rings (SSSR count). The third kappa shape index (κ3) is 14.3. The zero-order chi connectivity index (χ0) is 58.0. The SMILES string of the molecule is CC[C@H]1CN2CCc3cc(OC)c(OC)cc3C2C[C@@H]1C[C@@H]1c2cc(OC)c(OC)cc2CCN1CCNC(=O)[C@H](C)[C@@H](OC)C1CCCN1C(=O)C[C@@H](OC)[C@H]([C@@H](C)CC)N(C)C(=O)[C@@H](NC(=O)C(C(C)C)N(C)C)C(C)C. The third-order valence-corrected chi connectivity index (χ3v) is 18.6. The van der Waals surface area contributed by atoms with Crippen LogP contribution in [0.3, 0.4) is 0 Å². The number of piperidine rings is 1. The quantitative estimate of drug-likeness (QED) is 0.0910. The Labute approximate surface area is 474 Å². The van der Waals surface area contributed by atoms with Gasteiger partial charge in [-0.25, -0.2) is 0 Å². The van der Waals surface area contributed by atoms with Crippen LogP contribution in [0.25, 0.3) is 0 Å². The first-order valence-electron chi connectivity index (χ1n) is 29.6. The van der Waals surface area contributed by atoms with Crippen LogP contribution in [-0.2, 0) is 41.5 Å². The molecule has 0 aliphatic carbocycles. The molecule has 12 atom stereocenters. The van der Waals surface area contributed by atoms with Gasteiger partial charge >= 0.3 is 0 Å². The van der Waals surface area contributed by atoms with Crippen LogP contribution in [0.1, 0.15) is 135 Å². The normalized spacial score (nSPS) is 23.1. The molecular formula is C62H101N7O10. The molecule has 17 heteroatoms. The zero-order valence-corrected chi connectivity index (χ0v) is 51.3. The van der Waals surface area contributed by atoms with E-state index in [1.807, 2.05) is 58.5 Å². The molecule has 4 aliphatic heterocycles. The lowest BCUT2D eigenvalue weighted by molar-refractivity contribution is -0.148. The van der Waals surface area contributed by atoms with E-state index in [1.54, 1.807) is 54.6 Å². The van der Waals surface area contributed by atoms with Crippen molar-refractivity contribution in [3.05, 3.63) is 46.5 Å². The Hall–Kier alpha value is -4.68. The Kier molecular flexibility index (Phi) is 23.2. The fourth-order valence-electron chi connectivity index (χ4n) is 14.1. The van der Waals surface area contributed by atoms with E-state index in [2.05, 4.69) is 65.5 Å². The minimum absolute atomic E-state index is 0.0248. The largest absolute Gasteiger partial charge is 0.493 e. The van der Waals surface area contributed by atoms with E-state index in [0.29, 0.717) is 37.9 Å². The molecule has 2 fully saturated rings. The lowest BCUT2D eigenvalue weighted by Crippen LogP contribution is -2.59. The van der Waals surface area contributed by atoms with Gasteiger partial charge in [-0.05, 0) is 129 Å². The molecule has 4 aliphatic rings. The number of methoxy groups -OCH3 is 6. The van der Waals surface area contributed by atoms with Crippen LogP contribution >= 0.6 is 0 Å². The molecule has 0 aromatic heterocycles. The standard InChI is InChI=1S/C62H101N7O10/c1-18-39(7)58(66(11)62(73)56(37(3)4)64-61(72)57(38(5)6)65(9)10)54(78-16)35-55(70)69-25-20-21-47(69)59(79-17)40(8)60(71)63-24-28-67-26-22-42-31-50(74-12)52(76-14)33-45(42)48(67)29-44-30-49-46-34-53(77-15)51(75-13)32-43(46)23-27-68(49)36-41(44)19-2/h31-34,37-41,44,47-49,54,56-59H,18-30,35-36H2,1-17H3,(H,63,71)(H,64,72)/t39-,40+,41-,44-,47?,48+,49?,54+,56-,57?,58-,59+/m0/s1. The molecule has 444 valence electrons. The Bertz CT molecular complexity index is 2340. The summed E-state index contributed by atoms with van der Waals surface area (Å²) in [5.41, 5.74) is 5.21. The van der Waals surface area contributed by atoms with E-state index in [4.69, 9.17) is 28.4 Å². The van der Waals surface area contributed by atoms with Gasteiger partial charge < -0.3 is 48.9 Å². The van der Waals surface area contributed by atoms with Crippen LogP contribution in [0.4, 0.5) is 0 Å². The van der Waals surface area contributed by atoms with Gasteiger partial charge in [0.1, 0.15) is 6.04 Å². The molecule has 4 amide bonds. The van der Waals surface area contributed by atoms with Crippen molar-refractivity contribution in [2.24, 2.45) is 35.5 Å². The fraction of sp³-hybridized carbons (Fsp3) is 0.742. The van der Waals surface area contributed by atoms with E-state index in [-0.39, 0.29) is 65.9 Å². The summed E-state index contributed by atoms with van der Waals surface area (Å²) in [6.07, 6.45) is 6.03. The highest BCUT2D eigenvalue weighted by Crippen LogP contribution is 2.49. The minimum Gasteiger partial charge on any atom is -0.493 e. The van der Waals surface area contributed by atoms with Crippen molar-refractivity contribution in [2.45, 2.75) is 162 Å². The molecule has 0 bridgehead atoms. The predicted octanol–water partition coefficient (Wildman–Crippen LogP) is 7.42. The summed E-state index contributed by atoms with van der Waals surface area (Å²) in [7, 11) is 15.5. The van der Waals surface area contributed by atoms with Gasteiger partial charge in [0.15, 0.2) is 23.0 Å². The second-order valence-corrected chi connectivity index (χ2v) is 24.0. The summed E-state index contributed by atoms with van der Waals surface area (Å²) in [4.78, 5) is 67.8. The highest BCUT2D eigenvalue weighted by Gasteiger charge is 2.45. The monoisotopic (exact) mass is 1100 g/mol. The van der Waals surface area contributed by atoms with Crippen molar-refractivity contribution in [3.63, 3.8) is 0 Å². The van der Waals surface area contributed by atoms with Crippen molar-refractivity contribution < 1.29 is 47.6 Å². The van der Waals surface area contributed by atoms with Crippen LogP contribution in [-0.4, -0.2) is 188 Å². The number of carbonyl (C=O) groups excluding carboxylic acids is 4. The average molecular weight is 1100 g/mol. The van der Waals surface area contributed by atoms with Gasteiger partial charge in [-0.1, -0.05) is 68.2 Å². The predicted molar refractivity (Wildman–Crippen MR) is 310 cm³/mol. The van der Waals surface area contributed by atoms with Crippen molar-refractivity contribution in [2.75, 3.05) is 103 Å². The maximum atomic E-state index is 14.6. The number of likely N-dealkylation sites (tertiary alicyclic amines) is 1. The Morgan fingerprint density at radius 1 is 0.734 bits per heavy atom. The first-order valence-corrected chi connectivity index (χ1v) is 29.6. The number of nitrogens with one attached hydrogen (secondary N) is 2. The van der Waals surface area contributed by atoms with Gasteiger partial charge in [-0.2, -0.15) is 0 Å². The second-order valence-electron chi connectivity index (χ2n) is 24.0. The zero-order valence-electron chi connectivity index (χ0n) is 51.3. The molecule has 17 nitrogen and oxygen atoms in total. The molecule has 79 heavy (non-hydrogen) atoms. The lowest BCUT2D eigenvalue weighted by Gasteiger charge is -2.49. The molecule has 0 spiro atoms. The Morgan fingerprint density at radius 2 is 1.34 bits per heavy atom. The van der Waals surface area contributed by atoms with Crippen molar-refractivity contribution in [1.29, 1.82) is 0 Å². The highest BCUT2D eigenvalue weighted by molar-refractivity contribution is 5.90. The molecule has 2 saturated heterocycles. The third-order valence-electron chi connectivity index (χ3n) is 18.6. The topological polar surface area (TPSA) is 164 Å². The summed E-state index contributed by atoms with van der Waals surface area (Å²) in [5.74, 6) is 2.63. The van der Waals surface area contributed by atoms with E-state index >= 15 is 0 Å². The number of ether oxygens (including phenoxy) is 6. The van der Waals surface area contributed by atoms with E-state index in [1.165, 1.54) is 22.3 Å². The number of fused-ring (bicyclic) bond motifs is 4. The van der Waals surface area contributed by atoms with Crippen LogP contribution in [0, 0.1) is 35.5 Å². The lowest BCUT2D eigenvalue weighted by atomic mass is 9.72. The molecule has 2 aromatic rings. The number of rotatable bonds is 27. The van der Waals surface area contributed by atoms with Gasteiger partial charge in [0.05, 0.1) is 71.1 Å². The maximum absolute atomic E-state index is 14.6. The fourth-order valence-corrected chi connectivity index (χ4v) is 14.1. The number of benzene rings is 2. The van der Waals surface area contributed by atoms with Crippen LogP contribution in [0.15, 0.2) is 24.3 Å². The molecule has 2 N–H and O–H groups in total. The minimum atomic E-state index is -0.766. The number of nitrogens with zero attached hydrogens (tertiary/aromatic N) is 5. The summed E-state index contributed by atoms with van der Waals surface area (Å²) in [5, 5.41) is 6.39. The first kappa shape index (κ1) is 63.5. The van der Waals surface area contributed by atoms with Gasteiger partial charge in [0.25, 0.3) is 0 Å². The van der Waals surface area contributed by atoms with Gasteiger partial charge in [0, 0.05) is 72.6 Å². The number of hydrogen-bond acceptors (Lipinski definition) is 13. The molecule has 4 heterocycles. The average Bonchev–Trinajstić information content (AvgIpc) is 3.98. The number of likely N-dealkylation sites (N-methyl/N-ethyl adjacent to an activating group) is 2. The smallest absolute Gasteiger partial charge is 0.245 e. The van der Waals surface area contributed by atoms with Crippen molar-refractivity contribution >= 4 is 23.6 Å². The first-order chi connectivity index (χ1) is 37.7. The van der Waals surface area contributed by atoms with E-state index < -0.39 is 36.3 Å². The van der Waals surface area contributed by atoms with Crippen LogP contribution in [0.2, 0.25) is 0 Å². The molecule has 3 unspecified atom stereocenters. The maximum Gasteiger partial charge on any atom is 0.245 e. The van der Waals surface area contributed by atoms with Crippen molar-refractivity contribution in [3.8, 4) is 23.0 Å². The number of hydrogen-bond donors (Lipinski definition) is 2. The highest BCUT2D eigenvalue weighted by atomic mass is 16.5. The second kappa shape index (κ2) is 28.8. The summed E-state index contributed by atoms with van der Waals surface area (Å²) < 4.78 is 35.6. The van der Waals surface area contributed by atoms with Gasteiger partial charge in [0.2, 0.25) is 23.6 Å². The van der Waals surface area contributed by atoms with Crippen molar-refractivity contribution in [1.82, 2.24) is 35.1 Å². The number of carbonyl (C=O) groups is 4. The Morgan fingerprint density at radius 3 is 1.90 bits per heavy atom. The van der Waals surface area contributed by atoms with E-state index in [0.717, 1.165) is 87.6 Å². The Balaban J connectivity index is 1.15. The van der Waals surface area contributed by atoms with Gasteiger partial charge in [-0.3, -0.25) is 33.9 Å². The summed E-state index contributed by atoms with van der Waals surface area (Å²) in [6, 6.07) is 7.16. The molecule has 0 saturated carbocycles. The van der Waals surface area contributed by atoms with Crippen LogP contribution < -0.4 is 29.6 Å². The summed E-state index contributed by atoms with van der Waals surface area (Å²) in [6.45, 7) is 20.8. The molecule has 0 radical (unpaired) electrons. The van der Waals surface area contributed by atoms with E-state index in [9.17, 15) is 19.2 Å². The van der Waals surface area contributed by atoms with Crippen LogP contribution in [0.5, 0.6) is 23.0 Å². The number of amides is 4. The van der Waals surface area contributed by atoms with Gasteiger partial charge in [-0.15, -0.1) is 0 Å². The molecular weight excluding hydrogens is 1000 g/mol.